The van der Waals surface area contributed by atoms with E-state index in [1.54, 1.807) is 0 Å². The van der Waals surface area contributed by atoms with Gasteiger partial charge in [0.2, 0.25) is 0 Å². The maximum Gasteiger partial charge on any atom is 0.0489 e. The predicted octanol–water partition coefficient (Wildman–Crippen LogP) is 2.45. The molecule has 0 atom stereocenters. The number of rotatable bonds is 7. The van der Waals surface area contributed by atoms with E-state index in [0.29, 0.717) is 0 Å². The molecule has 0 spiro atoms. The summed E-state index contributed by atoms with van der Waals surface area (Å²) in [5, 5.41) is 7.63. The fourth-order valence-electron chi connectivity index (χ4n) is 1.79. The Balaban J connectivity index is 1.52. The van der Waals surface area contributed by atoms with Crippen molar-refractivity contribution in [1.82, 2.24) is 15.1 Å². The molecule has 1 heterocycles. The zero-order valence-corrected chi connectivity index (χ0v) is 10.0. The summed E-state index contributed by atoms with van der Waals surface area (Å²) in [6, 6.07) is 12.5. The summed E-state index contributed by atoms with van der Waals surface area (Å²) < 4.78 is 1.98. The SMILES string of the molecule is c1ccc(CNCCCCn2cccn2)cc1. The number of hydrogen-bond acceptors (Lipinski definition) is 2. The van der Waals surface area contributed by atoms with Crippen LogP contribution >= 0.6 is 0 Å². The average Bonchev–Trinajstić information content (AvgIpc) is 2.88. The van der Waals surface area contributed by atoms with E-state index in [9.17, 15) is 0 Å². The van der Waals surface area contributed by atoms with Crippen LogP contribution in [0.25, 0.3) is 0 Å². The summed E-state index contributed by atoms with van der Waals surface area (Å²) in [6.45, 7) is 3.04. The van der Waals surface area contributed by atoms with Gasteiger partial charge in [0, 0.05) is 25.5 Å². The maximum absolute atomic E-state index is 4.18. The third kappa shape index (κ3) is 4.41. The maximum atomic E-state index is 4.18. The first-order chi connectivity index (χ1) is 8.45. The van der Waals surface area contributed by atoms with Gasteiger partial charge in [0.05, 0.1) is 0 Å². The molecule has 0 bridgehead atoms. The van der Waals surface area contributed by atoms with Crippen molar-refractivity contribution in [2.45, 2.75) is 25.9 Å². The third-order valence-electron chi connectivity index (χ3n) is 2.72. The van der Waals surface area contributed by atoms with Crippen LogP contribution in [-0.2, 0) is 13.1 Å². The molecule has 90 valence electrons. The Morgan fingerprint density at radius 2 is 1.94 bits per heavy atom. The molecule has 1 aromatic carbocycles. The first-order valence-electron chi connectivity index (χ1n) is 6.17. The highest BCUT2D eigenvalue weighted by atomic mass is 15.3. The summed E-state index contributed by atoms with van der Waals surface area (Å²) in [7, 11) is 0. The van der Waals surface area contributed by atoms with E-state index >= 15 is 0 Å². The number of aromatic nitrogens is 2. The largest absolute Gasteiger partial charge is 0.313 e. The lowest BCUT2D eigenvalue weighted by molar-refractivity contribution is 0.535. The first-order valence-corrected chi connectivity index (χ1v) is 6.17. The van der Waals surface area contributed by atoms with Gasteiger partial charge in [-0.2, -0.15) is 5.10 Å². The van der Waals surface area contributed by atoms with Crippen molar-refractivity contribution in [1.29, 1.82) is 0 Å². The number of nitrogens with zero attached hydrogens (tertiary/aromatic N) is 2. The van der Waals surface area contributed by atoms with Gasteiger partial charge in [0.15, 0.2) is 0 Å². The summed E-state index contributed by atoms with van der Waals surface area (Å²) in [5.74, 6) is 0. The van der Waals surface area contributed by atoms with Crippen LogP contribution in [0.5, 0.6) is 0 Å². The van der Waals surface area contributed by atoms with Crippen LogP contribution in [0.15, 0.2) is 48.8 Å². The predicted molar refractivity (Wildman–Crippen MR) is 69.6 cm³/mol. The number of unbranched alkanes of at least 4 members (excludes halogenated alkanes) is 1. The lowest BCUT2D eigenvalue weighted by Gasteiger charge is -2.05. The number of aryl methyl sites for hydroxylation is 1. The van der Waals surface area contributed by atoms with Gasteiger partial charge in [-0.05, 0) is 31.0 Å². The van der Waals surface area contributed by atoms with Crippen LogP contribution in [-0.4, -0.2) is 16.3 Å². The quantitative estimate of drug-likeness (QED) is 0.739. The van der Waals surface area contributed by atoms with Crippen LogP contribution in [0, 0.1) is 0 Å². The van der Waals surface area contributed by atoms with E-state index in [2.05, 4.69) is 34.7 Å². The summed E-state index contributed by atoms with van der Waals surface area (Å²) in [6.07, 6.45) is 6.20. The molecule has 0 radical (unpaired) electrons. The van der Waals surface area contributed by atoms with Crippen molar-refractivity contribution in [2.24, 2.45) is 0 Å². The van der Waals surface area contributed by atoms with Gasteiger partial charge in [-0.3, -0.25) is 4.68 Å². The van der Waals surface area contributed by atoms with Crippen LogP contribution in [0.1, 0.15) is 18.4 Å². The van der Waals surface area contributed by atoms with E-state index in [-0.39, 0.29) is 0 Å². The van der Waals surface area contributed by atoms with Gasteiger partial charge in [-0.25, -0.2) is 0 Å². The minimum absolute atomic E-state index is 0.961. The molecule has 0 aliphatic rings. The van der Waals surface area contributed by atoms with E-state index in [4.69, 9.17) is 0 Å². The average molecular weight is 229 g/mol. The van der Waals surface area contributed by atoms with Crippen molar-refractivity contribution in [3.63, 3.8) is 0 Å². The van der Waals surface area contributed by atoms with E-state index < -0.39 is 0 Å². The Hall–Kier alpha value is -1.61. The molecule has 2 aromatic rings. The fourth-order valence-corrected chi connectivity index (χ4v) is 1.79. The molecule has 3 nitrogen and oxygen atoms in total. The smallest absolute Gasteiger partial charge is 0.0489 e. The van der Waals surface area contributed by atoms with E-state index in [1.807, 2.05) is 29.2 Å². The monoisotopic (exact) mass is 229 g/mol. The van der Waals surface area contributed by atoms with Crippen molar-refractivity contribution >= 4 is 0 Å². The fraction of sp³-hybridized carbons (Fsp3) is 0.357. The molecule has 1 aromatic heterocycles. The topological polar surface area (TPSA) is 29.9 Å². The van der Waals surface area contributed by atoms with E-state index in [0.717, 1.165) is 19.6 Å². The Bertz CT molecular complexity index is 395. The van der Waals surface area contributed by atoms with Gasteiger partial charge < -0.3 is 5.32 Å². The second-order valence-electron chi connectivity index (χ2n) is 4.14. The normalized spacial score (nSPS) is 10.6. The van der Waals surface area contributed by atoms with Crippen molar-refractivity contribution in [3.8, 4) is 0 Å². The number of hydrogen-bond donors (Lipinski definition) is 1. The molecule has 0 amide bonds. The Labute approximate surface area is 102 Å². The Morgan fingerprint density at radius 3 is 2.71 bits per heavy atom. The first kappa shape index (κ1) is 11.9. The minimum Gasteiger partial charge on any atom is -0.313 e. The standard InChI is InChI=1S/C14H19N3/c1-2-7-14(8-3-1)13-15-9-4-5-11-17-12-6-10-16-17/h1-3,6-8,10,12,15H,4-5,9,11,13H2. The summed E-state index contributed by atoms with van der Waals surface area (Å²) >= 11 is 0. The highest BCUT2D eigenvalue weighted by Crippen LogP contribution is 1.98. The Kier molecular flexibility index (Phi) is 4.79. The molecule has 0 aliphatic carbocycles. The van der Waals surface area contributed by atoms with Crippen molar-refractivity contribution < 1.29 is 0 Å². The van der Waals surface area contributed by atoms with E-state index in [1.165, 1.54) is 18.4 Å². The second-order valence-corrected chi connectivity index (χ2v) is 4.14. The molecular weight excluding hydrogens is 210 g/mol. The molecule has 0 fully saturated rings. The molecule has 0 saturated heterocycles. The highest BCUT2D eigenvalue weighted by Gasteiger charge is 1.93. The molecule has 3 heteroatoms. The molecule has 17 heavy (non-hydrogen) atoms. The third-order valence-corrected chi connectivity index (χ3v) is 2.72. The van der Waals surface area contributed by atoms with Gasteiger partial charge in [0.1, 0.15) is 0 Å². The summed E-state index contributed by atoms with van der Waals surface area (Å²) in [4.78, 5) is 0. The summed E-state index contributed by atoms with van der Waals surface area (Å²) in [5.41, 5.74) is 1.35. The number of nitrogens with one attached hydrogen (secondary N) is 1. The van der Waals surface area contributed by atoms with Gasteiger partial charge in [-0.1, -0.05) is 30.3 Å². The molecule has 0 unspecified atom stereocenters. The van der Waals surface area contributed by atoms with Crippen molar-refractivity contribution in [3.05, 3.63) is 54.4 Å². The molecule has 0 aliphatic heterocycles. The lowest BCUT2D eigenvalue weighted by Crippen LogP contribution is -2.15. The molecule has 1 N–H and O–H groups in total. The molecule has 0 saturated carbocycles. The van der Waals surface area contributed by atoms with Gasteiger partial charge in [-0.15, -0.1) is 0 Å². The van der Waals surface area contributed by atoms with Crippen LogP contribution < -0.4 is 5.32 Å². The zero-order valence-electron chi connectivity index (χ0n) is 10.0. The zero-order chi connectivity index (χ0) is 11.8. The van der Waals surface area contributed by atoms with Gasteiger partial charge >= 0.3 is 0 Å². The number of benzene rings is 1. The lowest BCUT2D eigenvalue weighted by atomic mass is 10.2. The highest BCUT2D eigenvalue weighted by molar-refractivity contribution is 5.14. The van der Waals surface area contributed by atoms with Crippen LogP contribution in [0.3, 0.4) is 0 Å². The van der Waals surface area contributed by atoms with Crippen LogP contribution in [0.4, 0.5) is 0 Å². The Morgan fingerprint density at radius 1 is 1.06 bits per heavy atom. The molecular formula is C14H19N3. The minimum atomic E-state index is 0.961. The van der Waals surface area contributed by atoms with Gasteiger partial charge in [0.25, 0.3) is 0 Å². The molecule has 2 rings (SSSR count). The second kappa shape index (κ2) is 6.86. The van der Waals surface area contributed by atoms with Crippen molar-refractivity contribution in [2.75, 3.05) is 6.54 Å². The van der Waals surface area contributed by atoms with Crippen LogP contribution in [0.2, 0.25) is 0 Å².